The molecule has 1 amide bonds. The Morgan fingerprint density at radius 1 is 1.38 bits per heavy atom. The molecule has 1 fully saturated rings. The monoisotopic (exact) mass is 381 g/mol. The van der Waals surface area contributed by atoms with E-state index in [1.807, 2.05) is 0 Å². The zero-order chi connectivity index (χ0) is 17.1. The van der Waals surface area contributed by atoms with Crippen molar-refractivity contribution in [1.29, 1.82) is 0 Å². The van der Waals surface area contributed by atoms with E-state index in [-0.39, 0.29) is 41.6 Å². The molecule has 7 nitrogen and oxygen atoms in total. The molecular weight excluding hydrogens is 354 g/mol. The molecule has 6 N–H and O–H groups in total. The molecule has 2 atom stereocenters. The number of ketones is 2. The standard InChI is InChI=1S/C15H27N3O4S.ClH/c16-4-2-1-3-12(17)15(21)18-5-6-22-7-8-23-14-10-11(19)9-13(14)20;/h12,14H,1-10,16-17H2,(H,18,21);1H. The van der Waals surface area contributed by atoms with E-state index in [2.05, 4.69) is 11.1 Å². The molecule has 1 saturated carbocycles. The van der Waals surface area contributed by atoms with Gasteiger partial charge in [-0.05, 0) is 19.3 Å². The summed E-state index contributed by atoms with van der Waals surface area (Å²) in [7, 11) is 0. The van der Waals surface area contributed by atoms with E-state index in [4.69, 9.17) is 10.5 Å². The summed E-state index contributed by atoms with van der Waals surface area (Å²) in [5.41, 5.74) is 9.53. The first kappa shape index (κ1) is 23.3. The summed E-state index contributed by atoms with van der Waals surface area (Å²) in [5, 5.41) is 2.55. The summed E-state index contributed by atoms with van der Waals surface area (Å²) in [6, 6.07) is -0.469. The van der Waals surface area contributed by atoms with E-state index < -0.39 is 6.04 Å². The maximum Gasteiger partial charge on any atom is 0.236 e. The molecule has 0 aliphatic heterocycles. The molecule has 0 aromatic heterocycles. The fourth-order valence-electron chi connectivity index (χ4n) is 2.25. The predicted octanol–water partition coefficient (Wildman–Crippen LogP) is -4.10. The van der Waals surface area contributed by atoms with Crippen molar-refractivity contribution in [3.63, 3.8) is 0 Å². The van der Waals surface area contributed by atoms with Gasteiger partial charge in [0.25, 0.3) is 0 Å². The minimum atomic E-state index is -0.469. The van der Waals surface area contributed by atoms with E-state index in [1.54, 1.807) is 0 Å². The van der Waals surface area contributed by atoms with Gasteiger partial charge in [0, 0.05) is 18.7 Å². The summed E-state index contributed by atoms with van der Waals surface area (Å²) < 4.78 is 5.40. The van der Waals surface area contributed by atoms with Gasteiger partial charge < -0.3 is 33.9 Å². The van der Waals surface area contributed by atoms with Crippen LogP contribution in [0.5, 0.6) is 0 Å². The molecule has 0 bridgehead atoms. The zero-order valence-electron chi connectivity index (χ0n) is 13.9. The van der Waals surface area contributed by atoms with Gasteiger partial charge in [0.05, 0.1) is 37.5 Å². The zero-order valence-corrected chi connectivity index (χ0v) is 15.5. The Bertz CT molecular complexity index is 412. The maximum absolute atomic E-state index is 11.7. The molecular formula is C15H28ClN3O4S. The first-order valence-electron chi connectivity index (χ1n) is 8.11. The van der Waals surface area contributed by atoms with Gasteiger partial charge in [-0.3, -0.25) is 14.4 Å². The van der Waals surface area contributed by atoms with Crippen molar-refractivity contribution in [2.24, 2.45) is 5.73 Å². The van der Waals surface area contributed by atoms with Gasteiger partial charge in [-0.1, -0.05) is 0 Å². The Morgan fingerprint density at radius 2 is 2.12 bits per heavy atom. The fourth-order valence-corrected chi connectivity index (χ4v) is 3.33. The summed E-state index contributed by atoms with van der Waals surface area (Å²) in [6.07, 6.45) is 3.00. The van der Waals surface area contributed by atoms with E-state index in [0.29, 0.717) is 38.4 Å². The van der Waals surface area contributed by atoms with E-state index >= 15 is 0 Å². The number of amides is 1. The number of hydrogen-bond donors (Lipinski definition) is 3. The lowest BCUT2D eigenvalue weighted by atomic mass is 10.1. The number of Topliss-reactive ketones (excluding diaryl/α,β-unsaturated/α-hetero) is 2. The number of thioether (sulfide) groups is 1. The molecule has 9 heteroatoms. The highest BCUT2D eigenvalue weighted by molar-refractivity contribution is 8.00. The first-order chi connectivity index (χ1) is 11.0. The Balaban J connectivity index is 0.00000529. The summed E-state index contributed by atoms with van der Waals surface area (Å²) in [4.78, 5) is 34.2. The summed E-state index contributed by atoms with van der Waals surface area (Å²) >= 11 is 1.47. The molecule has 140 valence electrons. The number of unbranched alkanes of at least 4 members (excludes halogenated alkanes) is 1. The van der Waals surface area contributed by atoms with Crippen LogP contribution in [0.3, 0.4) is 0 Å². The van der Waals surface area contributed by atoms with Crippen LogP contribution in [-0.2, 0) is 19.1 Å². The smallest absolute Gasteiger partial charge is 0.236 e. The van der Waals surface area contributed by atoms with Gasteiger partial charge in [-0.15, -0.1) is 11.8 Å². The second-order valence-electron chi connectivity index (χ2n) is 5.60. The second kappa shape index (κ2) is 13.6. The Morgan fingerprint density at radius 3 is 2.75 bits per heavy atom. The lowest BCUT2D eigenvalue weighted by molar-refractivity contribution is -0.368. The van der Waals surface area contributed by atoms with Gasteiger partial charge in [0.1, 0.15) is 5.78 Å². The first-order valence-corrected chi connectivity index (χ1v) is 9.15. The molecule has 0 spiro atoms. The van der Waals surface area contributed by atoms with E-state index in [0.717, 1.165) is 19.4 Å². The highest BCUT2D eigenvalue weighted by Gasteiger charge is 2.30. The predicted molar refractivity (Wildman–Crippen MR) is 88.9 cm³/mol. The topological polar surface area (TPSA) is 126 Å². The van der Waals surface area contributed by atoms with E-state index in [1.165, 1.54) is 11.8 Å². The average molecular weight is 382 g/mol. The van der Waals surface area contributed by atoms with Crippen LogP contribution < -0.4 is 29.2 Å². The van der Waals surface area contributed by atoms with E-state index in [9.17, 15) is 14.4 Å². The van der Waals surface area contributed by atoms with Gasteiger partial charge in [0.2, 0.25) is 5.91 Å². The molecule has 0 aromatic rings. The second-order valence-corrected chi connectivity index (χ2v) is 6.92. The highest BCUT2D eigenvalue weighted by atomic mass is 35.5. The lowest BCUT2D eigenvalue weighted by Gasteiger charge is -2.12. The third kappa shape index (κ3) is 9.58. The number of ether oxygens (including phenoxy) is 1. The number of halogens is 1. The summed E-state index contributed by atoms with van der Waals surface area (Å²) in [6.45, 7) is 2.19. The third-order valence-electron chi connectivity index (χ3n) is 3.59. The number of nitrogens with two attached hydrogens (primary N) is 1. The molecule has 0 radical (unpaired) electrons. The number of rotatable bonds is 12. The molecule has 1 aliphatic carbocycles. The molecule has 0 heterocycles. The molecule has 2 unspecified atom stereocenters. The normalized spacial score (nSPS) is 18.3. The van der Waals surface area contributed by atoms with Crippen LogP contribution in [0, 0.1) is 0 Å². The van der Waals surface area contributed by atoms with Crippen molar-refractivity contribution in [3.05, 3.63) is 0 Å². The van der Waals surface area contributed by atoms with Crippen molar-refractivity contribution in [2.45, 2.75) is 43.4 Å². The quantitative estimate of drug-likeness (QED) is 0.233. The minimum Gasteiger partial charge on any atom is -1.00 e. The molecule has 0 saturated heterocycles. The van der Waals surface area contributed by atoms with Crippen molar-refractivity contribution < 1.29 is 37.3 Å². The third-order valence-corrected chi connectivity index (χ3v) is 4.82. The number of carbonyl (C=O) groups is 3. The van der Waals surface area contributed by atoms with Crippen molar-refractivity contribution >= 4 is 29.2 Å². The largest absolute Gasteiger partial charge is 1.00 e. The van der Waals surface area contributed by atoms with Crippen LogP contribution in [0.1, 0.15) is 32.1 Å². The molecule has 1 aliphatic rings. The maximum atomic E-state index is 11.7. The van der Waals surface area contributed by atoms with Crippen LogP contribution in [0.25, 0.3) is 0 Å². The van der Waals surface area contributed by atoms with Gasteiger partial charge in [0.15, 0.2) is 5.78 Å². The average Bonchev–Trinajstić information content (AvgIpc) is 2.84. The van der Waals surface area contributed by atoms with Gasteiger partial charge >= 0.3 is 0 Å². The Labute approximate surface area is 153 Å². The summed E-state index contributed by atoms with van der Waals surface area (Å²) in [5.74, 6) is 0.576. The van der Waals surface area contributed by atoms with Crippen molar-refractivity contribution in [3.8, 4) is 0 Å². The molecule has 1 rings (SSSR count). The SMILES string of the molecule is NC(CCCC[NH3+])C(=O)NCCOCCSC1CC(=O)CC1=O.[Cl-]. The van der Waals surface area contributed by atoms with Crippen LogP contribution in [0.15, 0.2) is 0 Å². The van der Waals surface area contributed by atoms with Gasteiger partial charge in [-0.25, -0.2) is 0 Å². The lowest BCUT2D eigenvalue weighted by Crippen LogP contribution is -3.00. The Hall–Kier alpha value is -0.670. The number of quaternary nitrogens is 1. The highest BCUT2D eigenvalue weighted by Crippen LogP contribution is 2.24. The minimum absolute atomic E-state index is 0. The molecule has 0 aromatic carbocycles. The van der Waals surface area contributed by atoms with Crippen molar-refractivity contribution in [1.82, 2.24) is 5.32 Å². The number of carbonyl (C=O) groups excluding carboxylic acids is 3. The van der Waals surface area contributed by atoms with Crippen LogP contribution >= 0.6 is 11.8 Å². The van der Waals surface area contributed by atoms with Gasteiger partial charge in [-0.2, -0.15) is 0 Å². The van der Waals surface area contributed by atoms with Crippen molar-refractivity contribution in [2.75, 3.05) is 32.1 Å². The van der Waals surface area contributed by atoms with Crippen LogP contribution in [0.2, 0.25) is 0 Å². The number of nitrogens with one attached hydrogen (secondary N) is 1. The van der Waals surface area contributed by atoms with Crippen LogP contribution in [-0.4, -0.2) is 60.8 Å². The molecule has 24 heavy (non-hydrogen) atoms. The Kier molecular flexibility index (Phi) is 13.2. The van der Waals surface area contributed by atoms with Crippen LogP contribution in [0.4, 0.5) is 0 Å². The fraction of sp³-hybridized carbons (Fsp3) is 0.800. The number of hydrogen-bond acceptors (Lipinski definition) is 6.